The molecule has 0 fully saturated rings. The lowest BCUT2D eigenvalue weighted by Crippen LogP contribution is -2.44. The molecule has 3 N–H and O–H groups in total. The number of carbonyl (C=O) groups is 2. The summed E-state index contributed by atoms with van der Waals surface area (Å²) < 4.78 is 15.7. The van der Waals surface area contributed by atoms with Gasteiger partial charge in [-0.1, -0.05) is 41.9 Å². The molecule has 0 unspecified atom stereocenters. The van der Waals surface area contributed by atoms with Gasteiger partial charge in [-0.25, -0.2) is 5.43 Å². The highest BCUT2D eigenvalue weighted by Gasteiger charge is 2.23. The third-order valence-electron chi connectivity index (χ3n) is 4.78. The first-order chi connectivity index (χ1) is 15.5. The topological polar surface area (TPSA) is 97.9 Å². The third kappa shape index (κ3) is 4.77. The van der Waals surface area contributed by atoms with Crippen LogP contribution in [-0.4, -0.2) is 25.7 Å². The Morgan fingerprint density at radius 2 is 1.78 bits per heavy atom. The van der Waals surface area contributed by atoms with E-state index < -0.39 is 11.9 Å². The van der Waals surface area contributed by atoms with Crippen LogP contribution in [0.15, 0.2) is 66.7 Å². The fraction of sp³-hybridized carbons (Fsp3) is 0.130. The summed E-state index contributed by atoms with van der Waals surface area (Å²) in [4.78, 5) is 25.7. The van der Waals surface area contributed by atoms with Gasteiger partial charge in [-0.15, -0.1) is 0 Å². The fourth-order valence-electron chi connectivity index (χ4n) is 3.15. The molecule has 0 aliphatic carbocycles. The molecule has 9 heteroatoms. The maximum absolute atomic E-state index is 13.0. The van der Waals surface area contributed by atoms with E-state index in [0.29, 0.717) is 39.1 Å². The molecule has 1 aliphatic rings. The number of ether oxygens (including phenoxy) is 3. The van der Waals surface area contributed by atoms with E-state index in [1.807, 2.05) is 6.07 Å². The zero-order valence-electron chi connectivity index (χ0n) is 17.1. The van der Waals surface area contributed by atoms with E-state index in [0.717, 1.165) is 0 Å². The number of hydrazine groups is 1. The maximum Gasteiger partial charge on any atom is 0.265 e. The summed E-state index contributed by atoms with van der Waals surface area (Å²) in [5.74, 6) is 0.756. The van der Waals surface area contributed by atoms with Crippen molar-refractivity contribution in [3.8, 4) is 17.2 Å². The third-order valence-corrected chi connectivity index (χ3v) is 5.07. The number of carbonyl (C=O) groups excluding carboxylic acids is 2. The molecular weight excluding hydrogens is 434 g/mol. The first-order valence-electron chi connectivity index (χ1n) is 9.70. The number of rotatable bonds is 7. The maximum atomic E-state index is 13.0. The van der Waals surface area contributed by atoms with Gasteiger partial charge in [0.15, 0.2) is 11.5 Å². The zero-order chi connectivity index (χ0) is 22.5. The van der Waals surface area contributed by atoms with Crippen molar-refractivity contribution in [2.45, 2.75) is 6.04 Å². The van der Waals surface area contributed by atoms with E-state index in [1.54, 1.807) is 60.7 Å². The van der Waals surface area contributed by atoms with Gasteiger partial charge in [0.2, 0.25) is 12.7 Å². The summed E-state index contributed by atoms with van der Waals surface area (Å²) in [7, 11) is 1.51. The average Bonchev–Trinajstić information content (AvgIpc) is 3.28. The number of hydrogen-bond donors (Lipinski definition) is 3. The molecule has 3 aromatic carbocycles. The van der Waals surface area contributed by atoms with Crippen molar-refractivity contribution in [3.05, 3.63) is 82.9 Å². The lowest BCUT2D eigenvalue weighted by atomic mass is 10.1. The number of hydrogen-bond acceptors (Lipinski definition) is 6. The number of fused-ring (bicyclic) bond motifs is 1. The standard InChI is InChI=1S/C23H20ClN3O5/c1-30-18-10-8-16(12-17(18)24)25-23(29)21(14-5-3-2-4-6-14)26-27-22(28)15-7-9-19-20(11-15)32-13-31-19/h2-12,21,26H,13H2,1H3,(H,25,29)(H,27,28)/t21-/m0/s1. The minimum Gasteiger partial charge on any atom is -0.495 e. The normalized spacial score (nSPS) is 12.7. The number of amides is 2. The summed E-state index contributed by atoms with van der Waals surface area (Å²) in [6.45, 7) is 0.115. The minimum atomic E-state index is -0.866. The van der Waals surface area contributed by atoms with E-state index >= 15 is 0 Å². The summed E-state index contributed by atoms with van der Waals surface area (Å²) >= 11 is 6.15. The molecule has 4 rings (SSSR count). The predicted octanol–water partition coefficient (Wildman–Crippen LogP) is 3.69. The molecular formula is C23H20ClN3O5. The van der Waals surface area contributed by atoms with E-state index in [1.165, 1.54) is 7.11 Å². The van der Waals surface area contributed by atoms with E-state index in [-0.39, 0.29) is 12.7 Å². The summed E-state index contributed by atoms with van der Waals surface area (Å²) in [5.41, 5.74) is 6.92. The number of methoxy groups -OCH3 is 1. The van der Waals surface area contributed by atoms with Crippen LogP contribution in [0.1, 0.15) is 22.0 Å². The zero-order valence-corrected chi connectivity index (χ0v) is 17.8. The van der Waals surface area contributed by atoms with Gasteiger partial charge in [0, 0.05) is 11.3 Å². The van der Waals surface area contributed by atoms with Gasteiger partial charge < -0.3 is 19.5 Å². The van der Waals surface area contributed by atoms with Crippen LogP contribution in [0, 0.1) is 0 Å². The van der Waals surface area contributed by atoms with E-state index in [2.05, 4.69) is 16.2 Å². The monoisotopic (exact) mass is 453 g/mol. The van der Waals surface area contributed by atoms with Crippen LogP contribution in [0.5, 0.6) is 17.2 Å². The van der Waals surface area contributed by atoms with Crippen molar-refractivity contribution in [2.24, 2.45) is 0 Å². The Labute approximate surface area is 189 Å². The molecule has 3 aromatic rings. The first-order valence-corrected chi connectivity index (χ1v) is 10.1. The summed E-state index contributed by atoms with van der Waals surface area (Å²) in [5, 5.41) is 3.17. The average molecular weight is 454 g/mol. The molecule has 164 valence electrons. The lowest BCUT2D eigenvalue weighted by Gasteiger charge is -2.20. The van der Waals surface area contributed by atoms with Crippen molar-refractivity contribution in [1.29, 1.82) is 0 Å². The highest BCUT2D eigenvalue weighted by molar-refractivity contribution is 6.32. The van der Waals surface area contributed by atoms with Crippen molar-refractivity contribution in [1.82, 2.24) is 10.9 Å². The highest BCUT2D eigenvalue weighted by Crippen LogP contribution is 2.32. The van der Waals surface area contributed by atoms with Gasteiger partial charge in [-0.05, 0) is 42.0 Å². The van der Waals surface area contributed by atoms with Crippen LogP contribution in [0.25, 0.3) is 0 Å². The number of halogens is 1. The summed E-state index contributed by atoms with van der Waals surface area (Å²) in [6.07, 6.45) is 0. The van der Waals surface area contributed by atoms with Crippen LogP contribution in [0.2, 0.25) is 5.02 Å². The van der Waals surface area contributed by atoms with Crippen LogP contribution in [0.3, 0.4) is 0 Å². The Kier molecular flexibility index (Phi) is 6.44. The van der Waals surface area contributed by atoms with Crippen LogP contribution in [-0.2, 0) is 4.79 Å². The number of anilines is 1. The minimum absolute atomic E-state index is 0.115. The molecule has 2 amide bonds. The van der Waals surface area contributed by atoms with Crippen LogP contribution >= 0.6 is 11.6 Å². The largest absolute Gasteiger partial charge is 0.495 e. The SMILES string of the molecule is COc1ccc(NC(=O)[C@@H](NNC(=O)c2ccc3c(c2)OCO3)c2ccccc2)cc1Cl. The Balaban J connectivity index is 1.49. The second-order valence-electron chi connectivity index (χ2n) is 6.85. The van der Waals surface area contributed by atoms with E-state index in [9.17, 15) is 9.59 Å². The summed E-state index contributed by atoms with van der Waals surface area (Å²) in [6, 6.07) is 17.9. The lowest BCUT2D eigenvalue weighted by molar-refractivity contribution is -0.118. The Morgan fingerprint density at radius 1 is 1.00 bits per heavy atom. The Bertz CT molecular complexity index is 1140. The smallest absolute Gasteiger partial charge is 0.265 e. The van der Waals surface area contributed by atoms with Crippen molar-refractivity contribution >= 4 is 29.1 Å². The predicted molar refractivity (Wildman–Crippen MR) is 119 cm³/mol. The van der Waals surface area contributed by atoms with Gasteiger partial charge in [0.25, 0.3) is 5.91 Å². The molecule has 0 saturated carbocycles. The molecule has 1 atom stereocenters. The molecule has 0 spiro atoms. The molecule has 8 nitrogen and oxygen atoms in total. The van der Waals surface area contributed by atoms with Crippen LogP contribution < -0.4 is 30.4 Å². The Morgan fingerprint density at radius 3 is 2.53 bits per heavy atom. The highest BCUT2D eigenvalue weighted by atomic mass is 35.5. The van der Waals surface area contributed by atoms with Gasteiger partial charge in [0.05, 0.1) is 12.1 Å². The van der Waals surface area contributed by atoms with Gasteiger partial charge >= 0.3 is 0 Å². The second kappa shape index (κ2) is 9.59. The number of benzene rings is 3. The van der Waals surface area contributed by atoms with Crippen molar-refractivity contribution in [3.63, 3.8) is 0 Å². The van der Waals surface area contributed by atoms with Crippen LogP contribution in [0.4, 0.5) is 5.69 Å². The van der Waals surface area contributed by atoms with Gasteiger partial charge in [-0.2, -0.15) is 0 Å². The van der Waals surface area contributed by atoms with Gasteiger partial charge in [0.1, 0.15) is 11.8 Å². The molecule has 32 heavy (non-hydrogen) atoms. The molecule has 1 aliphatic heterocycles. The van der Waals surface area contributed by atoms with E-state index in [4.69, 9.17) is 25.8 Å². The molecule has 0 aromatic heterocycles. The van der Waals surface area contributed by atoms with Crippen molar-refractivity contribution in [2.75, 3.05) is 19.2 Å². The fourth-order valence-corrected chi connectivity index (χ4v) is 3.41. The first kappa shape index (κ1) is 21.5. The van der Waals surface area contributed by atoms with Crippen molar-refractivity contribution < 1.29 is 23.8 Å². The van der Waals surface area contributed by atoms with Gasteiger partial charge in [-0.3, -0.25) is 15.0 Å². The molecule has 0 bridgehead atoms. The molecule has 0 saturated heterocycles. The quantitative estimate of drug-likeness (QED) is 0.472. The Hall–Kier alpha value is -3.75. The molecule has 1 heterocycles. The molecule has 0 radical (unpaired) electrons. The second-order valence-corrected chi connectivity index (χ2v) is 7.26. The number of nitrogens with one attached hydrogen (secondary N) is 3.